The van der Waals surface area contributed by atoms with Crippen LogP contribution in [0.5, 0.6) is 0 Å². The van der Waals surface area contributed by atoms with Crippen molar-refractivity contribution in [2.45, 2.75) is 43.0 Å². The quantitative estimate of drug-likeness (QED) is 0.834. The minimum atomic E-state index is -3.57. The Hall–Kier alpha value is -1.80. The number of carbonyl (C=O) groups excluding carboxylic acids is 1. The lowest BCUT2D eigenvalue weighted by Gasteiger charge is -2.21. The van der Waals surface area contributed by atoms with Gasteiger partial charge in [-0.3, -0.25) is 4.84 Å². The van der Waals surface area contributed by atoms with E-state index in [1.165, 1.54) is 24.8 Å². The van der Waals surface area contributed by atoms with E-state index in [-0.39, 0.29) is 10.9 Å². The molecule has 130 valence electrons. The van der Waals surface area contributed by atoms with E-state index < -0.39 is 21.1 Å². The molecule has 0 saturated heterocycles. The average molecular weight is 372 g/mol. The van der Waals surface area contributed by atoms with Crippen LogP contribution in [-0.2, 0) is 9.84 Å². The number of hydrogen-bond donors (Lipinski definition) is 1. The fourth-order valence-electron chi connectivity index (χ4n) is 2.82. The molecular weight excluding hydrogens is 354 g/mol. The molecule has 0 unspecified atom stereocenters. The normalized spacial score (nSPS) is 16.2. The number of nitrogens with one attached hydrogen (secondary N) is 1. The average Bonchev–Trinajstić information content (AvgIpc) is 2.98. The van der Waals surface area contributed by atoms with Gasteiger partial charge in [0.05, 0.1) is 11.1 Å². The van der Waals surface area contributed by atoms with E-state index in [1.807, 2.05) is 0 Å². The maximum Gasteiger partial charge on any atom is 0.433 e. The molecule has 1 amide bonds. The number of alkyl halides is 1. The molecule has 0 bridgehead atoms. The van der Waals surface area contributed by atoms with Gasteiger partial charge in [-0.15, -0.1) is 16.7 Å². The summed E-state index contributed by atoms with van der Waals surface area (Å²) >= 11 is 5.48. The van der Waals surface area contributed by atoms with Crippen LogP contribution in [0.3, 0.4) is 0 Å². The minimum absolute atomic E-state index is 0.0584. The highest BCUT2D eigenvalue weighted by molar-refractivity contribution is 7.92. The van der Waals surface area contributed by atoms with E-state index in [2.05, 4.69) is 10.4 Å². The van der Waals surface area contributed by atoms with Crippen LogP contribution in [0.1, 0.15) is 32.1 Å². The molecule has 7 nitrogen and oxygen atoms in total. The molecule has 0 atom stereocenters. The van der Waals surface area contributed by atoms with Gasteiger partial charge < -0.3 is 5.32 Å². The molecular formula is C15H18ClN3O4S. The Kier molecular flexibility index (Phi) is 4.96. The first-order valence-corrected chi connectivity index (χ1v) is 9.93. The van der Waals surface area contributed by atoms with Crippen LogP contribution in [0.25, 0.3) is 10.9 Å². The summed E-state index contributed by atoms with van der Waals surface area (Å²) in [5.74, 6) is 0. The molecule has 1 aliphatic carbocycles. The summed E-state index contributed by atoms with van der Waals surface area (Å²) in [5.41, 5.74) is 0.389. The Morgan fingerprint density at radius 2 is 2.08 bits per heavy atom. The zero-order valence-corrected chi connectivity index (χ0v) is 14.5. The van der Waals surface area contributed by atoms with E-state index in [0.29, 0.717) is 10.9 Å². The zero-order chi connectivity index (χ0) is 17.2. The zero-order valence-electron chi connectivity index (χ0n) is 12.9. The lowest BCUT2D eigenvalue weighted by atomic mass is 9.96. The van der Waals surface area contributed by atoms with Crippen molar-refractivity contribution < 1.29 is 18.0 Å². The lowest BCUT2D eigenvalue weighted by molar-refractivity contribution is 0.116. The summed E-state index contributed by atoms with van der Waals surface area (Å²) in [5, 5.41) is 6.94. The van der Waals surface area contributed by atoms with E-state index in [1.54, 1.807) is 6.07 Å². The van der Waals surface area contributed by atoms with Crippen molar-refractivity contribution in [3.05, 3.63) is 24.4 Å². The molecule has 1 fully saturated rings. The number of carbonyl (C=O) groups is 1. The first-order chi connectivity index (χ1) is 11.5. The number of amides is 1. The third kappa shape index (κ3) is 3.64. The summed E-state index contributed by atoms with van der Waals surface area (Å²) in [6.45, 7) is 0. The SMILES string of the molecule is O=C(NC1CCCCC1)On1ncc2ccc(S(=O)(=O)CCl)cc21. The van der Waals surface area contributed by atoms with Gasteiger partial charge in [-0.25, -0.2) is 13.2 Å². The number of aromatic nitrogens is 2. The number of benzene rings is 1. The highest BCUT2D eigenvalue weighted by Gasteiger charge is 2.19. The molecule has 24 heavy (non-hydrogen) atoms. The number of nitrogens with zero attached hydrogens (tertiary/aromatic N) is 2. The summed E-state index contributed by atoms with van der Waals surface area (Å²) in [4.78, 5) is 18.3. The minimum Gasteiger partial charge on any atom is -0.317 e. The van der Waals surface area contributed by atoms with Gasteiger partial charge in [0.1, 0.15) is 10.7 Å². The fourth-order valence-corrected chi connectivity index (χ4v) is 3.89. The maximum atomic E-state index is 12.0. The smallest absolute Gasteiger partial charge is 0.317 e. The van der Waals surface area contributed by atoms with Gasteiger partial charge in [-0.1, -0.05) is 24.1 Å². The molecule has 1 aromatic heterocycles. The van der Waals surface area contributed by atoms with Gasteiger partial charge in [0, 0.05) is 11.4 Å². The molecule has 0 radical (unpaired) electrons. The summed E-state index contributed by atoms with van der Waals surface area (Å²) < 4.78 is 23.8. The number of halogens is 1. The summed E-state index contributed by atoms with van der Waals surface area (Å²) in [6.07, 6.45) is 6.15. The Morgan fingerprint density at radius 3 is 2.79 bits per heavy atom. The first-order valence-electron chi connectivity index (χ1n) is 7.75. The van der Waals surface area contributed by atoms with Crippen LogP contribution >= 0.6 is 11.6 Å². The van der Waals surface area contributed by atoms with Crippen LogP contribution in [0.15, 0.2) is 29.3 Å². The van der Waals surface area contributed by atoms with Crippen molar-refractivity contribution in [1.82, 2.24) is 15.3 Å². The van der Waals surface area contributed by atoms with Crippen molar-refractivity contribution in [3.63, 3.8) is 0 Å². The van der Waals surface area contributed by atoms with Crippen LogP contribution in [0, 0.1) is 0 Å². The van der Waals surface area contributed by atoms with Crippen LogP contribution in [-0.4, -0.2) is 35.7 Å². The van der Waals surface area contributed by atoms with Crippen LogP contribution < -0.4 is 10.2 Å². The standard InChI is InChI=1S/C15H18ClN3O4S/c16-10-24(21,22)13-7-6-11-9-17-19(14(11)8-13)23-15(20)18-12-4-2-1-3-5-12/h6-9,12H,1-5,10H2,(H,18,20). The van der Waals surface area contributed by atoms with Crippen molar-refractivity contribution >= 4 is 38.4 Å². The number of hydrogen-bond acceptors (Lipinski definition) is 5. The molecule has 9 heteroatoms. The maximum absolute atomic E-state index is 12.0. The molecule has 1 aromatic carbocycles. The van der Waals surface area contributed by atoms with Crippen LogP contribution in [0.2, 0.25) is 0 Å². The van der Waals surface area contributed by atoms with Crippen molar-refractivity contribution in [1.29, 1.82) is 0 Å². The van der Waals surface area contributed by atoms with Gasteiger partial charge in [0.15, 0.2) is 9.84 Å². The van der Waals surface area contributed by atoms with Crippen molar-refractivity contribution in [3.8, 4) is 0 Å². The van der Waals surface area contributed by atoms with Gasteiger partial charge >= 0.3 is 6.09 Å². The number of sulfone groups is 1. The molecule has 1 N–H and O–H groups in total. The van der Waals surface area contributed by atoms with Gasteiger partial charge in [0.2, 0.25) is 0 Å². The van der Waals surface area contributed by atoms with Gasteiger partial charge in [0.25, 0.3) is 0 Å². The second-order valence-electron chi connectivity index (χ2n) is 5.82. The molecule has 0 spiro atoms. The highest BCUT2D eigenvalue weighted by atomic mass is 35.5. The Balaban J connectivity index is 1.79. The first kappa shape index (κ1) is 17.0. The Morgan fingerprint density at radius 1 is 1.33 bits per heavy atom. The molecule has 1 saturated carbocycles. The number of rotatable bonds is 4. The van der Waals surface area contributed by atoms with E-state index in [4.69, 9.17) is 16.4 Å². The summed E-state index contributed by atoms with van der Waals surface area (Å²) in [7, 11) is -3.57. The highest BCUT2D eigenvalue weighted by Crippen LogP contribution is 2.20. The topological polar surface area (TPSA) is 90.3 Å². The van der Waals surface area contributed by atoms with Crippen molar-refractivity contribution in [2.75, 3.05) is 5.21 Å². The fraction of sp³-hybridized carbons (Fsp3) is 0.467. The van der Waals surface area contributed by atoms with E-state index >= 15 is 0 Å². The molecule has 0 aliphatic heterocycles. The molecule has 1 heterocycles. The largest absolute Gasteiger partial charge is 0.433 e. The van der Waals surface area contributed by atoms with E-state index in [9.17, 15) is 13.2 Å². The summed E-state index contributed by atoms with van der Waals surface area (Å²) in [6, 6.07) is 4.56. The third-order valence-corrected chi connectivity index (χ3v) is 6.23. The molecule has 3 rings (SSSR count). The number of fused-ring (bicyclic) bond motifs is 1. The molecule has 2 aromatic rings. The molecule has 1 aliphatic rings. The monoisotopic (exact) mass is 371 g/mol. The second-order valence-corrected chi connectivity index (χ2v) is 8.39. The van der Waals surface area contributed by atoms with Crippen LogP contribution in [0.4, 0.5) is 4.79 Å². The predicted molar refractivity (Wildman–Crippen MR) is 89.6 cm³/mol. The third-order valence-electron chi connectivity index (χ3n) is 4.11. The Labute approximate surface area is 144 Å². The predicted octanol–water partition coefficient (Wildman–Crippen LogP) is 2.48. The van der Waals surface area contributed by atoms with Gasteiger partial charge in [-0.05, 0) is 31.0 Å². The van der Waals surface area contributed by atoms with Crippen molar-refractivity contribution in [2.24, 2.45) is 0 Å². The van der Waals surface area contributed by atoms with E-state index in [0.717, 1.165) is 30.5 Å². The Bertz CT molecular complexity index is 844. The second kappa shape index (κ2) is 6.98. The van der Waals surface area contributed by atoms with Gasteiger partial charge in [-0.2, -0.15) is 0 Å². The lowest BCUT2D eigenvalue weighted by Crippen LogP contribution is -2.40.